The van der Waals surface area contributed by atoms with Crippen molar-refractivity contribution in [3.8, 4) is 0 Å². The van der Waals surface area contributed by atoms with Crippen LogP contribution in [0.4, 0.5) is 4.39 Å². The molecule has 1 unspecified atom stereocenters. The number of aromatic nitrogens is 1. The van der Waals surface area contributed by atoms with Crippen molar-refractivity contribution in [2.24, 2.45) is 0 Å². The number of pyridine rings is 1. The number of thiophene rings is 1. The monoisotopic (exact) mass is 223 g/mol. The van der Waals surface area contributed by atoms with Crippen molar-refractivity contribution in [2.45, 2.75) is 12.5 Å². The summed E-state index contributed by atoms with van der Waals surface area (Å²) >= 11 is 1.54. The van der Waals surface area contributed by atoms with Gasteiger partial charge in [-0.2, -0.15) is 0 Å². The molecule has 2 rings (SSSR count). The number of halogens is 1. The maximum atomic E-state index is 13.2. The largest absolute Gasteiger partial charge is 0.386 e. The second-order valence-electron chi connectivity index (χ2n) is 3.17. The van der Waals surface area contributed by atoms with Crippen LogP contribution in [0.2, 0.25) is 0 Å². The summed E-state index contributed by atoms with van der Waals surface area (Å²) in [5.74, 6) is -0.457. The maximum Gasteiger partial charge on any atom is 0.147 e. The van der Waals surface area contributed by atoms with Crippen LogP contribution in [0, 0.1) is 5.82 Å². The van der Waals surface area contributed by atoms with Crippen LogP contribution >= 0.6 is 11.3 Å². The van der Waals surface area contributed by atoms with Crippen molar-refractivity contribution in [3.63, 3.8) is 0 Å². The molecule has 0 amide bonds. The predicted octanol–water partition coefficient (Wildman–Crippen LogP) is 2.56. The van der Waals surface area contributed by atoms with E-state index in [1.165, 1.54) is 18.3 Å². The van der Waals surface area contributed by atoms with E-state index in [4.69, 9.17) is 0 Å². The highest BCUT2D eigenvalue weighted by atomic mass is 32.1. The zero-order valence-corrected chi connectivity index (χ0v) is 8.75. The van der Waals surface area contributed by atoms with E-state index in [2.05, 4.69) is 4.98 Å². The first-order valence-corrected chi connectivity index (χ1v) is 5.46. The molecule has 2 aromatic rings. The van der Waals surface area contributed by atoms with Gasteiger partial charge in [-0.15, -0.1) is 11.3 Å². The average molecular weight is 223 g/mol. The number of aliphatic hydroxyl groups excluding tert-OH is 1. The maximum absolute atomic E-state index is 13.2. The van der Waals surface area contributed by atoms with Crippen LogP contribution in [0.5, 0.6) is 0 Å². The lowest BCUT2D eigenvalue weighted by atomic mass is 10.1. The quantitative estimate of drug-likeness (QED) is 0.867. The van der Waals surface area contributed by atoms with Crippen LogP contribution in [0.1, 0.15) is 16.7 Å². The zero-order valence-electron chi connectivity index (χ0n) is 7.93. The Balaban J connectivity index is 2.15. The molecule has 15 heavy (non-hydrogen) atoms. The van der Waals surface area contributed by atoms with Crippen LogP contribution in [0.25, 0.3) is 0 Å². The average Bonchev–Trinajstić information content (AvgIpc) is 2.71. The first kappa shape index (κ1) is 10.3. The van der Waals surface area contributed by atoms with Crippen molar-refractivity contribution < 1.29 is 9.50 Å². The van der Waals surface area contributed by atoms with E-state index in [-0.39, 0.29) is 5.69 Å². The third-order valence-electron chi connectivity index (χ3n) is 2.08. The van der Waals surface area contributed by atoms with E-state index in [1.807, 2.05) is 17.5 Å². The van der Waals surface area contributed by atoms with E-state index < -0.39 is 11.9 Å². The molecule has 0 spiro atoms. The van der Waals surface area contributed by atoms with Gasteiger partial charge in [0.1, 0.15) is 17.6 Å². The predicted molar refractivity (Wildman–Crippen MR) is 57.2 cm³/mol. The van der Waals surface area contributed by atoms with Gasteiger partial charge in [0.2, 0.25) is 0 Å². The first-order chi connectivity index (χ1) is 7.27. The Morgan fingerprint density at radius 3 is 2.93 bits per heavy atom. The summed E-state index contributed by atoms with van der Waals surface area (Å²) in [7, 11) is 0. The fourth-order valence-electron chi connectivity index (χ4n) is 1.36. The molecule has 0 saturated heterocycles. The topological polar surface area (TPSA) is 33.1 Å². The fourth-order valence-corrected chi connectivity index (χ4v) is 2.10. The van der Waals surface area contributed by atoms with E-state index in [9.17, 15) is 9.50 Å². The summed E-state index contributed by atoms with van der Waals surface area (Å²) in [4.78, 5) is 4.86. The van der Waals surface area contributed by atoms with Crippen molar-refractivity contribution in [2.75, 3.05) is 0 Å². The van der Waals surface area contributed by atoms with Crippen molar-refractivity contribution in [1.29, 1.82) is 0 Å². The van der Waals surface area contributed by atoms with Crippen molar-refractivity contribution in [3.05, 3.63) is 52.2 Å². The third kappa shape index (κ3) is 2.40. The molecule has 4 heteroatoms. The number of nitrogens with zero attached hydrogens (tertiary/aromatic N) is 1. The summed E-state index contributed by atoms with van der Waals surface area (Å²) in [5.41, 5.74) is 0.117. The number of hydrogen-bond donors (Lipinski definition) is 1. The molecule has 2 nitrogen and oxygen atoms in total. The Hall–Kier alpha value is -1.26. The van der Waals surface area contributed by atoms with Gasteiger partial charge in [0.15, 0.2) is 0 Å². The van der Waals surface area contributed by atoms with E-state index >= 15 is 0 Å². The van der Waals surface area contributed by atoms with Gasteiger partial charge in [0, 0.05) is 17.5 Å². The normalized spacial score (nSPS) is 12.7. The molecule has 2 aromatic heterocycles. The molecule has 0 bridgehead atoms. The molecule has 0 aliphatic carbocycles. The van der Waals surface area contributed by atoms with Gasteiger partial charge >= 0.3 is 0 Å². The van der Waals surface area contributed by atoms with E-state index in [0.717, 1.165) is 4.88 Å². The Kier molecular flexibility index (Phi) is 3.08. The van der Waals surface area contributed by atoms with Gasteiger partial charge in [0.05, 0.1) is 0 Å². The molecule has 0 saturated carbocycles. The lowest BCUT2D eigenvalue weighted by Gasteiger charge is -2.08. The number of rotatable bonds is 3. The second-order valence-corrected chi connectivity index (χ2v) is 4.20. The minimum Gasteiger partial charge on any atom is -0.386 e. The van der Waals surface area contributed by atoms with Crippen LogP contribution < -0.4 is 0 Å². The van der Waals surface area contributed by atoms with Gasteiger partial charge in [-0.05, 0) is 23.6 Å². The summed E-state index contributed by atoms with van der Waals surface area (Å²) in [6, 6.07) is 6.63. The molecule has 0 radical (unpaired) electrons. The zero-order chi connectivity index (χ0) is 10.7. The summed E-state index contributed by atoms with van der Waals surface area (Å²) in [5, 5.41) is 11.7. The summed E-state index contributed by atoms with van der Waals surface area (Å²) in [6.07, 6.45) is 1.02. The second kappa shape index (κ2) is 4.51. The van der Waals surface area contributed by atoms with Crippen LogP contribution in [0.15, 0.2) is 35.8 Å². The molecule has 0 fully saturated rings. The Morgan fingerprint density at radius 2 is 2.27 bits per heavy atom. The van der Waals surface area contributed by atoms with Crippen LogP contribution in [-0.4, -0.2) is 10.1 Å². The van der Waals surface area contributed by atoms with E-state index in [0.29, 0.717) is 6.42 Å². The standard InChI is InChI=1S/C11H10FNOS/c12-9-4-1-5-13-11(9)10(14)7-8-3-2-6-15-8/h1-6,10,14H,7H2. The smallest absolute Gasteiger partial charge is 0.147 e. The summed E-state index contributed by atoms with van der Waals surface area (Å²) < 4.78 is 13.2. The Labute approximate surface area is 91.0 Å². The lowest BCUT2D eigenvalue weighted by molar-refractivity contribution is 0.169. The molecule has 1 N–H and O–H groups in total. The first-order valence-electron chi connectivity index (χ1n) is 4.58. The Bertz CT molecular complexity index is 430. The minimum atomic E-state index is -0.871. The molecule has 0 aliphatic rings. The molecule has 0 aromatic carbocycles. The molecular formula is C11H10FNOS. The van der Waals surface area contributed by atoms with Crippen LogP contribution in [-0.2, 0) is 6.42 Å². The molecule has 2 heterocycles. The highest BCUT2D eigenvalue weighted by molar-refractivity contribution is 7.09. The summed E-state index contributed by atoms with van der Waals surface area (Å²) in [6.45, 7) is 0. The lowest BCUT2D eigenvalue weighted by Crippen LogP contribution is -2.05. The molecular weight excluding hydrogens is 213 g/mol. The van der Waals surface area contributed by atoms with E-state index in [1.54, 1.807) is 11.3 Å². The van der Waals surface area contributed by atoms with Gasteiger partial charge in [-0.25, -0.2) is 4.39 Å². The highest BCUT2D eigenvalue weighted by Gasteiger charge is 2.14. The highest BCUT2D eigenvalue weighted by Crippen LogP contribution is 2.21. The van der Waals surface area contributed by atoms with Crippen molar-refractivity contribution in [1.82, 2.24) is 4.98 Å². The fraction of sp³-hybridized carbons (Fsp3) is 0.182. The Morgan fingerprint density at radius 1 is 1.40 bits per heavy atom. The SMILES string of the molecule is OC(Cc1cccs1)c1ncccc1F. The molecule has 0 aliphatic heterocycles. The van der Waals surface area contributed by atoms with Gasteiger partial charge in [-0.1, -0.05) is 6.07 Å². The van der Waals surface area contributed by atoms with Crippen LogP contribution in [0.3, 0.4) is 0 Å². The number of hydrogen-bond acceptors (Lipinski definition) is 3. The minimum absolute atomic E-state index is 0.117. The van der Waals surface area contributed by atoms with Gasteiger partial charge in [-0.3, -0.25) is 4.98 Å². The van der Waals surface area contributed by atoms with Crippen molar-refractivity contribution >= 4 is 11.3 Å². The number of aliphatic hydroxyl groups is 1. The third-order valence-corrected chi connectivity index (χ3v) is 2.98. The molecule has 78 valence electrons. The van der Waals surface area contributed by atoms with Gasteiger partial charge in [0.25, 0.3) is 0 Å². The van der Waals surface area contributed by atoms with Gasteiger partial charge < -0.3 is 5.11 Å². The molecule has 1 atom stereocenters.